The van der Waals surface area contributed by atoms with E-state index in [0.717, 1.165) is 44.0 Å². The molecule has 10 rings (SSSR count). The third-order valence-electron chi connectivity index (χ3n) is 8.64. The quantitative estimate of drug-likeness (QED) is 0.209. The van der Waals surface area contributed by atoms with Crippen molar-refractivity contribution in [3.63, 3.8) is 0 Å². The van der Waals surface area contributed by atoms with Crippen molar-refractivity contribution in [3.8, 4) is 17.2 Å². The van der Waals surface area contributed by atoms with Gasteiger partial charge in [0.25, 0.3) is 0 Å². The first-order valence-electron chi connectivity index (χ1n) is 14.3. The summed E-state index contributed by atoms with van der Waals surface area (Å²) in [5.74, 6) is 0.597. The fraction of sp³-hybridized carbons (Fsp3) is 0. The Kier molecular flexibility index (Phi) is 4.57. The van der Waals surface area contributed by atoms with Gasteiger partial charge in [-0.1, -0.05) is 97.1 Å². The van der Waals surface area contributed by atoms with E-state index in [1.807, 2.05) is 29.5 Å². The van der Waals surface area contributed by atoms with Gasteiger partial charge in [-0.05, 0) is 41.1 Å². The maximum Gasteiger partial charge on any atom is 0.238 e. The second kappa shape index (κ2) is 8.51. The minimum absolute atomic E-state index is 0.585. The first-order valence-corrected chi connectivity index (χ1v) is 15.2. The van der Waals surface area contributed by atoms with E-state index >= 15 is 0 Å². The number of nitrogens with zero attached hydrogens (tertiary/aromatic N) is 3. The lowest BCUT2D eigenvalue weighted by molar-refractivity contribution is 0.651. The van der Waals surface area contributed by atoms with Gasteiger partial charge in [0.2, 0.25) is 11.7 Å². The van der Waals surface area contributed by atoms with E-state index in [2.05, 4.69) is 114 Å². The van der Waals surface area contributed by atoms with E-state index in [0.29, 0.717) is 11.7 Å². The van der Waals surface area contributed by atoms with Gasteiger partial charge in [0.1, 0.15) is 5.58 Å². The summed E-state index contributed by atoms with van der Waals surface area (Å²) in [7, 11) is 0. The predicted molar refractivity (Wildman–Crippen MR) is 179 cm³/mol. The predicted octanol–water partition coefficient (Wildman–Crippen LogP) is 10.7. The molecule has 0 fully saturated rings. The van der Waals surface area contributed by atoms with Crippen molar-refractivity contribution in [2.45, 2.75) is 0 Å². The Bertz CT molecular complexity index is 2740. The van der Waals surface area contributed by atoms with Crippen LogP contribution >= 0.6 is 11.3 Å². The largest absolute Gasteiger partial charge is 0.437 e. The monoisotopic (exact) mass is 567 g/mol. The van der Waals surface area contributed by atoms with Crippen LogP contribution in [0.2, 0.25) is 0 Å². The molecular weight excluding hydrogens is 547 g/mol. The van der Waals surface area contributed by atoms with Gasteiger partial charge < -0.3 is 4.42 Å². The zero-order chi connectivity index (χ0) is 28.1. The summed E-state index contributed by atoms with van der Waals surface area (Å²) in [6.45, 7) is 0. The highest BCUT2D eigenvalue weighted by Gasteiger charge is 2.22. The van der Waals surface area contributed by atoms with Gasteiger partial charge in [0.15, 0.2) is 0 Å². The van der Waals surface area contributed by atoms with Crippen LogP contribution in [-0.2, 0) is 0 Å². The Hall–Kier alpha value is -5.52. The summed E-state index contributed by atoms with van der Waals surface area (Å²) in [6.07, 6.45) is 0. The average molecular weight is 568 g/mol. The lowest BCUT2D eigenvalue weighted by atomic mass is 9.99. The summed E-state index contributed by atoms with van der Waals surface area (Å²) >= 11 is 1.84. The van der Waals surface area contributed by atoms with Crippen LogP contribution < -0.4 is 0 Å². The molecule has 0 N–H and O–H groups in total. The molecule has 10 aromatic rings. The molecule has 4 nitrogen and oxygen atoms in total. The van der Waals surface area contributed by atoms with Crippen molar-refractivity contribution >= 4 is 86.2 Å². The van der Waals surface area contributed by atoms with E-state index < -0.39 is 0 Å². The van der Waals surface area contributed by atoms with E-state index in [9.17, 15) is 0 Å². The topological polar surface area (TPSA) is 43.9 Å². The number of hydrogen-bond acceptors (Lipinski definition) is 4. The molecule has 6 aromatic carbocycles. The normalized spacial score (nSPS) is 12.2. The highest BCUT2D eigenvalue weighted by atomic mass is 32.1. The SMILES string of the molecule is c1ccc2c(-c3nc(-n4c5ccccc5c5cc6sc7ccccc7c6cc54)nc4oc5ccccc5c34)cccc2c1. The Balaban J connectivity index is 1.37. The molecule has 0 saturated carbocycles. The zero-order valence-corrected chi connectivity index (χ0v) is 23.6. The summed E-state index contributed by atoms with van der Waals surface area (Å²) in [5, 5.41) is 9.15. The first kappa shape index (κ1) is 23.1. The third kappa shape index (κ3) is 3.20. The molecule has 0 spiro atoms. The molecule has 0 atom stereocenters. The molecule has 4 heterocycles. The standard InChI is InChI=1S/C38H21N3OS/c1-2-12-23-22(10-1)11-9-16-26(23)36-35-27-15-4-7-18-32(27)42-37(35)40-38(39-36)41-30-17-6-3-13-24(30)28-21-34-29(20-31(28)41)25-14-5-8-19-33(25)43-34/h1-21H. The number of benzene rings is 6. The number of para-hydroxylation sites is 2. The van der Waals surface area contributed by atoms with E-state index in [1.165, 1.54) is 36.3 Å². The lowest BCUT2D eigenvalue weighted by Gasteiger charge is -2.11. The lowest BCUT2D eigenvalue weighted by Crippen LogP contribution is -2.03. The summed E-state index contributed by atoms with van der Waals surface area (Å²) in [6, 6.07) is 44.8. The molecule has 0 saturated heterocycles. The molecule has 0 aliphatic carbocycles. The zero-order valence-electron chi connectivity index (χ0n) is 22.8. The van der Waals surface area contributed by atoms with Crippen molar-refractivity contribution < 1.29 is 4.42 Å². The average Bonchev–Trinajstić information content (AvgIpc) is 3.72. The number of thiophene rings is 1. The summed E-state index contributed by atoms with van der Waals surface area (Å²) < 4.78 is 11.2. The van der Waals surface area contributed by atoms with Gasteiger partial charge in [-0.15, -0.1) is 11.3 Å². The van der Waals surface area contributed by atoms with Crippen LogP contribution in [0.4, 0.5) is 0 Å². The molecule has 0 aliphatic heterocycles. The number of rotatable bonds is 2. The molecule has 0 bridgehead atoms. The minimum atomic E-state index is 0.585. The molecule has 43 heavy (non-hydrogen) atoms. The van der Waals surface area contributed by atoms with Gasteiger partial charge in [-0.25, -0.2) is 4.98 Å². The van der Waals surface area contributed by atoms with Crippen molar-refractivity contribution in [1.29, 1.82) is 0 Å². The van der Waals surface area contributed by atoms with Crippen molar-refractivity contribution in [2.75, 3.05) is 0 Å². The van der Waals surface area contributed by atoms with Crippen LogP contribution in [-0.4, -0.2) is 14.5 Å². The molecule has 0 unspecified atom stereocenters. The fourth-order valence-electron chi connectivity index (χ4n) is 6.74. The highest BCUT2D eigenvalue weighted by Crippen LogP contribution is 2.42. The third-order valence-corrected chi connectivity index (χ3v) is 9.78. The Morgan fingerprint density at radius 3 is 2.21 bits per heavy atom. The van der Waals surface area contributed by atoms with Crippen molar-refractivity contribution in [2.24, 2.45) is 0 Å². The number of aromatic nitrogens is 3. The van der Waals surface area contributed by atoms with E-state index in [4.69, 9.17) is 14.4 Å². The molecule has 4 aromatic heterocycles. The second-order valence-corrected chi connectivity index (χ2v) is 12.1. The van der Waals surface area contributed by atoms with Crippen molar-refractivity contribution in [1.82, 2.24) is 14.5 Å². The van der Waals surface area contributed by atoms with Crippen LogP contribution in [0.3, 0.4) is 0 Å². The van der Waals surface area contributed by atoms with Crippen LogP contribution in [0.15, 0.2) is 132 Å². The summed E-state index contributed by atoms with van der Waals surface area (Å²) in [5.41, 5.74) is 5.47. The van der Waals surface area contributed by atoms with Crippen LogP contribution in [0, 0.1) is 0 Å². The van der Waals surface area contributed by atoms with Crippen molar-refractivity contribution in [3.05, 3.63) is 127 Å². The van der Waals surface area contributed by atoms with Gasteiger partial charge in [-0.2, -0.15) is 4.98 Å². The Morgan fingerprint density at radius 1 is 0.535 bits per heavy atom. The van der Waals surface area contributed by atoms with Crippen LogP contribution in [0.25, 0.3) is 92.0 Å². The maximum atomic E-state index is 6.44. The maximum absolute atomic E-state index is 6.44. The van der Waals surface area contributed by atoms with Gasteiger partial charge >= 0.3 is 0 Å². The highest BCUT2D eigenvalue weighted by molar-refractivity contribution is 7.25. The molecule has 0 amide bonds. The molecule has 0 aliphatic rings. The number of fused-ring (bicyclic) bond motifs is 10. The number of furan rings is 1. The molecule has 0 radical (unpaired) electrons. The van der Waals surface area contributed by atoms with Gasteiger partial charge in [0.05, 0.1) is 22.1 Å². The molecular formula is C38H21N3OS. The summed E-state index contributed by atoms with van der Waals surface area (Å²) in [4.78, 5) is 10.6. The minimum Gasteiger partial charge on any atom is -0.437 e. The molecule has 5 heteroatoms. The number of hydrogen-bond donors (Lipinski definition) is 0. The smallest absolute Gasteiger partial charge is 0.238 e. The van der Waals surface area contributed by atoms with E-state index in [1.54, 1.807) is 0 Å². The van der Waals surface area contributed by atoms with Crippen LogP contribution in [0.1, 0.15) is 0 Å². The second-order valence-electron chi connectivity index (χ2n) is 11.0. The van der Waals surface area contributed by atoms with Gasteiger partial charge in [-0.3, -0.25) is 4.57 Å². The first-order chi connectivity index (χ1) is 21.3. The van der Waals surface area contributed by atoms with E-state index in [-0.39, 0.29) is 0 Å². The Labute approximate surface area is 249 Å². The Morgan fingerprint density at radius 2 is 1.28 bits per heavy atom. The van der Waals surface area contributed by atoms with Crippen LogP contribution in [0.5, 0.6) is 0 Å². The molecule has 200 valence electrons. The van der Waals surface area contributed by atoms with Gasteiger partial charge in [0, 0.05) is 41.9 Å². The fourth-order valence-corrected chi connectivity index (χ4v) is 7.87.